The molecule has 0 aliphatic rings. The van der Waals surface area contributed by atoms with Crippen molar-refractivity contribution in [3.8, 4) is 5.69 Å². The molecule has 0 fully saturated rings. The molecule has 2 aromatic rings. The van der Waals surface area contributed by atoms with Gasteiger partial charge in [-0.3, -0.25) is 4.79 Å². The van der Waals surface area contributed by atoms with Crippen LogP contribution in [0.4, 0.5) is 5.69 Å². The van der Waals surface area contributed by atoms with Gasteiger partial charge in [0.25, 0.3) is 0 Å². The van der Waals surface area contributed by atoms with Gasteiger partial charge in [-0.1, -0.05) is 25.4 Å². The molecule has 0 bridgehead atoms. The zero-order chi connectivity index (χ0) is 17.0. The topological polar surface area (TPSA) is 73.9 Å². The van der Waals surface area contributed by atoms with Crippen molar-refractivity contribution in [2.24, 2.45) is 5.92 Å². The highest BCUT2D eigenvalue weighted by molar-refractivity contribution is 7.99. The summed E-state index contributed by atoms with van der Waals surface area (Å²) in [4.78, 5) is 12.3. The van der Waals surface area contributed by atoms with Crippen LogP contribution in [0.2, 0.25) is 5.15 Å². The number of nitrogens with zero attached hydrogens (tertiary/aromatic N) is 3. The molecule has 0 spiro atoms. The van der Waals surface area contributed by atoms with Gasteiger partial charge in [0.05, 0.1) is 11.9 Å². The minimum absolute atomic E-state index is 0.0976. The minimum Gasteiger partial charge on any atom is -0.619 e. The highest BCUT2D eigenvalue weighted by atomic mass is 35.5. The first-order valence-corrected chi connectivity index (χ1v) is 8.90. The number of anilines is 1. The van der Waals surface area contributed by atoms with Crippen LogP contribution >= 0.6 is 23.4 Å². The van der Waals surface area contributed by atoms with Crippen molar-refractivity contribution >= 4 is 35.0 Å². The second-order valence-electron chi connectivity index (χ2n) is 5.16. The van der Waals surface area contributed by atoms with Gasteiger partial charge in [-0.2, -0.15) is 21.6 Å². The second kappa shape index (κ2) is 7.70. The Morgan fingerprint density at radius 1 is 1.61 bits per heavy atom. The molecular formula is C15H19ClN4O2S. The Hall–Kier alpha value is -1.73. The third kappa shape index (κ3) is 4.17. The highest BCUT2D eigenvalue weighted by Gasteiger charge is 2.23. The van der Waals surface area contributed by atoms with Crippen LogP contribution < -0.4 is 10.0 Å². The number of hydrogen-bond acceptors (Lipinski definition) is 4. The van der Waals surface area contributed by atoms with Crippen molar-refractivity contribution in [2.75, 3.05) is 11.6 Å². The molecule has 124 valence electrons. The van der Waals surface area contributed by atoms with Crippen molar-refractivity contribution in [3.63, 3.8) is 0 Å². The maximum atomic E-state index is 12.3. The van der Waals surface area contributed by atoms with Crippen LogP contribution in [0, 0.1) is 11.1 Å². The van der Waals surface area contributed by atoms with Crippen molar-refractivity contribution in [1.82, 2.24) is 9.78 Å². The fourth-order valence-electron chi connectivity index (χ4n) is 2.29. The molecule has 0 saturated heterocycles. The van der Waals surface area contributed by atoms with E-state index in [1.807, 2.05) is 13.2 Å². The van der Waals surface area contributed by atoms with Gasteiger partial charge in [0.1, 0.15) is 5.69 Å². The zero-order valence-corrected chi connectivity index (χ0v) is 14.8. The molecule has 0 aromatic carbocycles. The molecule has 1 N–H and O–H groups in total. The number of carbonyl (C=O) groups is 1. The first-order valence-electron chi connectivity index (χ1n) is 7.24. The third-order valence-corrected chi connectivity index (χ3v) is 5.25. The first-order chi connectivity index (χ1) is 11.0. The van der Waals surface area contributed by atoms with E-state index in [1.165, 1.54) is 17.1 Å². The molecule has 1 amide bonds. The molecule has 23 heavy (non-hydrogen) atoms. The maximum absolute atomic E-state index is 12.3. The number of nitrogens with one attached hydrogen (secondary N) is 1. The van der Waals surface area contributed by atoms with E-state index in [1.54, 1.807) is 30.1 Å². The first kappa shape index (κ1) is 17.6. The predicted octanol–water partition coefficient (Wildman–Crippen LogP) is 2.88. The predicted molar refractivity (Wildman–Crippen MR) is 92.9 cm³/mol. The SMILES string of the molecule is CCC(SC)C(C)C(=O)Nc1cn(-c2ccc[n+]([O-])c2)nc1Cl. The van der Waals surface area contributed by atoms with Crippen molar-refractivity contribution in [3.05, 3.63) is 41.1 Å². The quantitative estimate of drug-likeness (QED) is 0.639. The van der Waals surface area contributed by atoms with Gasteiger partial charge < -0.3 is 10.5 Å². The highest BCUT2D eigenvalue weighted by Crippen LogP contribution is 2.25. The Kier molecular flexibility index (Phi) is 5.90. The van der Waals surface area contributed by atoms with Crippen LogP contribution in [-0.2, 0) is 4.79 Å². The molecule has 2 atom stereocenters. The molecule has 0 aliphatic heterocycles. The monoisotopic (exact) mass is 354 g/mol. The Labute approximate surface area is 144 Å². The number of aromatic nitrogens is 3. The van der Waals surface area contributed by atoms with Crippen molar-refractivity contribution in [1.29, 1.82) is 0 Å². The lowest BCUT2D eigenvalue weighted by molar-refractivity contribution is -0.605. The third-order valence-electron chi connectivity index (χ3n) is 3.63. The molecule has 2 unspecified atom stereocenters. The molecule has 0 aliphatic carbocycles. The second-order valence-corrected chi connectivity index (χ2v) is 6.60. The van der Waals surface area contributed by atoms with Crippen LogP contribution in [0.3, 0.4) is 0 Å². The van der Waals surface area contributed by atoms with Gasteiger partial charge in [-0.25, -0.2) is 4.68 Å². The van der Waals surface area contributed by atoms with E-state index < -0.39 is 0 Å². The molecule has 8 heteroatoms. The van der Waals surface area contributed by atoms with Gasteiger partial charge in [0, 0.05) is 17.2 Å². The van der Waals surface area contributed by atoms with Gasteiger partial charge in [0.15, 0.2) is 11.3 Å². The number of carbonyl (C=O) groups excluding carboxylic acids is 1. The number of thioether (sulfide) groups is 1. The van der Waals surface area contributed by atoms with Crippen LogP contribution in [0.25, 0.3) is 5.69 Å². The van der Waals surface area contributed by atoms with Crippen molar-refractivity contribution in [2.45, 2.75) is 25.5 Å². The van der Waals surface area contributed by atoms with Crippen LogP contribution in [0.1, 0.15) is 20.3 Å². The Balaban J connectivity index is 2.17. The normalized spacial score (nSPS) is 13.6. The standard InChI is InChI=1S/C15H19ClN4O2S/c1-4-13(23-3)10(2)15(21)17-12-9-20(18-14(12)16)11-6-5-7-19(22)8-11/h5-10,13H,4H2,1-3H3,(H,17,21). The Morgan fingerprint density at radius 2 is 2.35 bits per heavy atom. The van der Waals surface area contributed by atoms with E-state index in [-0.39, 0.29) is 22.2 Å². The maximum Gasteiger partial charge on any atom is 0.228 e. The number of hydrogen-bond donors (Lipinski definition) is 1. The van der Waals surface area contributed by atoms with Crippen molar-refractivity contribution < 1.29 is 9.52 Å². The van der Waals surface area contributed by atoms with Crippen LogP contribution in [0.15, 0.2) is 30.7 Å². The Morgan fingerprint density at radius 3 is 2.96 bits per heavy atom. The molecule has 0 radical (unpaired) electrons. The summed E-state index contributed by atoms with van der Waals surface area (Å²) in [6.07, 6.45) is 7.26. The van der Waals surface area contributed by atoms with E-state index in [0.29, 0.717) is 16.1 Å². The lowest BCUT2D eigenvalue weighted by atomic mass is 10.0. The molecule has 0 saturated carbocycles. The van der Waals surface area contributed by atoms with Crippen LogP contribution in [-0.4, -0.2) is 27.2 Å². The molecule has 2 rings (SSSR count). The molecule has 2 heterocycles. The average Bonchev–Trinajstić information content (AvgIpc) is 2.89. The molecule has 6 nitrogen and oxygen atoms in total. The summed E-state index contributed by atoms with van der Waals surface area (Å²) >= 11 is 7.77. The Bertz CT molecular complexity index is 688. The van der Waals surface area contributed by atoms with Crippen LogP contribution in [0.5, 0.6) is 0 Å². The lowest BCUT2D eigenvalue weighted by Gasteiger charge is -2.19. The van der Waals surface area contributed by atoms with Gasteiger partial charge in [-0.05, 0) is 18.7 Å². The number of amides is 1. The summed E-state index contributed by atoms with van der Waals surface area (Å²) < 4.78 is 2.14. The van der Waals surface area contributed by atoms with E-state index in [0.717, 1.165) is 6.42 Å². The summed E-state index contributed by atoms with van der Waals surface area (Å²) in [5.74, 6) is -0.241. The fourth-order valence-corrected chi connectivity index (χ4v) is 3.33. The molecule has 2 aromatic heterocycles. The van der Waals surface area contributed by atoms with E-state index in [9.17, 15) is 10.0 Å². The number of rotatable bonds is 6. The average molecular weight is 355 g/mol. The number of halogens is 1. The van der Waals surface area contributed by atoms with Gasteiger partial charge in [0.2, 0.25) is 12.1 Å². The van der Waals surface area contributed by atoms with E-state index >= 15 is 0 Å². The largest absolute Gasteiger partial charge is 0.619 e. The summed E-state index contributed by atoms with van der Waals surface area (Å²) in [6, 6.07) is 3.34. The van der Waals surface area contributed by atoms with Gasteiger partial charge in [-0.15, -0.1) is 0 Å². The summed E-state index contributed by atoms with van der Waals surface area (Å²) in [5, 5.41) is 18.7. The zero-order valence-electron chi connectivity index (χ0n) is 13.2. The van der Waals surface area contributed by atoms with E-state index in [4.69, 9.17) is 11.6 Å². The summed E-state index contributed by atoms with van der Waals surface area (Å²) in [7, 11) is 0. The minimum atomic E-state index is -0.144. The summed E-state index contributed by atoms with van der Waals surface area (Å²) in [5.41, 5.74) is 0.995. The fraction of sp³-hybridized carbons (Fsp3) is 0.400. The summed E-state index contributed by atoms with van der Waals surface area (Å²) in [6.45, 7) is 3.96. The van der Waals surface area contributed by atoms with Gasteiger partial charge >= 0.3 is 0 Å². The smallest absolute Gasteiger partial charge is 0.228 e. The lowest BCUT2D eigenvalue weighted by Crippen LogP contribution is -2.28. The molecular weight excluding hydrogens is 336 g/mol. The number of pyridine rings is 1. The van der Waals surface area contributed by atoms with E-state index in [2.05, 4.69) is 17.3 Å².